The van der Waals surface area contributed by atoms with E-state index in [1.165, 1.54) is 12.8 Å². The number of likely N-dealkylation sites (N-methyl/N-ethyl adjacent to an activating group) is 1. The average molecular weight is 591 g/mol. The molecule has 1 aliphatic carbocycles. The molecule has 12 heteroatoms. The van der Waals surface area contributed by atoms with Crippen molar-refractivity contribution in [3.8, 4) is 11.4 Å². The van der Waals surface area contributed by atoms with Crippen molar-refractivity contribution in [2.45, 2.75) is 62.8 Å². The van der Waals surface area contributed by atoms with Crippen LogP contribution in [0.5, 0.6) is 0 Å². The molecule has 230 valence electrons. The molecule has 1 amide bonds. The molecular formula is C31H42N8O4. The lowest BCUT2D eigenvalue weighted by atomic mass is 9.90. The minimum Gasteiger partial charge on any atom is -0.465 e. The van der Waals surface area contributed by atoms with Crippen LogP contribution >= 0.6 is 0 Å². The first-order chi connectivity index (χ1) is 21.0. The van der Waals surface area contributed by atoms with Gasteiger partial charge in [-0.2, -0.15) is 5.10 Å². The van der Waals surface area contributed by atoms with E-state index >= 15 is 0 Å². The lowest BCUT2D eigenvalue weighted by Crippen LogP contribution is -2.49. The lowest BCUT2D eigenvalue weighted by molar-refractivity contribution is 0.0303. The average Bonchev–Trinajstić information content (AvgIpc) is 3.61. The number of morpholine rings is 1. The Hall–Kier alpha value is -3.32. The summed E-state index contributed by atoms with van der Waals surface area (Å²) in [5, 5.41) is 24.8. The van der Waals surface area contributed by atoms with Gasteiger partial charge in [-0.1, -0.05) is 0 Å². The number of aliphatic hydroxyl groups excluding tert-OH is 1. The summed E-state index contributed by atoms with van der Waals surface area (Å²) in [6.45, 7) is 5.96. The minimum atomic E-state index is -1.10. The number of nitrogens with zero attached hydrogens (tertiary/aromatic N) is 8. The number of carboxylic acid groups (broad SMARTS) is 1. The fourth-order valence-electron chi connectivity index (χ4n) is 7.42. The fraction of sp³-hybridized carbons (Fsp3) is 0.613. The predicted molar refractivity (Wildman–Crippen MR) is 164 cm³/mol. The SMILES string of the molecule is CN1CCN(C2CCC(n3ncc4c(N5CC6CCC(C5)O6)nc(-c5ccc(N(CCO)C(=O)O)cc5)nc43)CC2)CC1. The van der Waals surface area contributed by atoms with Gasteiger partial charge >= 0.3 is 6.09 Å². The van der Waals surface area contributed by atoms with Gasteiger partial charge in [0.2, 0.25) is 0 Å². The van der Waals surface area contributed by atoms with Crippen molar-refractivity contribution >= 4 is 28.6 Å². The van der Waals surface area contributed by atoms with Crippen molar-refractivity contribution in [2.24, 2.45) is 0 Å². The number of hydrogen-bond donors (Lipinski definition) is 2. The van der Waals surface area contributed by atoms with E-state index in [4.69, 9.17) is 19.8 Å². The molecule has 3 aliphatic heterocycles. The molecule has 2 unspecified atom stereocenters. The van der Waals surface area contributed by atoms with Gasteiger partial charge in [-0.15, -0.1) is 0 Å². The van der Waals surface area contributed by atoms with Gasteiger partial charge in [0.05, 0.1) is 43.0 Å². The van der Waals surface area contributed by atoms with E-state index in [2.05, 4.69) is 26.4 Å². The molecule has 1 saturated carbocycles. The molecular weight excluding hydrogens is 548 g/mol. The highest BCUT2D eigenvalue weighted by molar-refractivity contribution is 5.89. The van der Waals surface area contributed by atoms with E-state index < -0.39 is 6.09 Å². The summed E-state index contributed by atoms with van der Waals surface area (Å²) < 4.78 is 8.27. The number of piperazine rings is 1. The van der Waals surface area contributed by atoms with Gasteiger partial charge in [-0.25, -0.2) is 19.4 Å². The number of carbonyl (C=O) groups is 1. The quantitative estimate of drug-likeness (QED) is 0.424. The van der Waals surface area contributed by atoms with Crippen molar-refractivity contribution in [3.63, 3.8) is 0 Å². The molecule has 12 nitrogen and oxygen atoms in total. The first-order valence-corrected chi connectivity index (χ1v) is 15.8. The first kappa shape index (κ1) is 28.5. The summed E-state index contributed by atoms with van der Waals surface area (Å²) in [6, 6.07) is 8.15. The monoisotopic (exact) mass is 590 g/mol. The maximum absolute atomic E-state index is 11.7. The van der Waals surface area contributed by atoms with E-state index in [1.807, 2.05) is 18.3 Å². The van der Waals surface area contributed by atoms with Crippen molar-refractivity contribution < 1.29 is 19.7 Å². The van der Waals surface area contributed by atoms with Crippen molar-refractivity contribution in [2.75, 3.05) is 69.3 Å². The highest BCUT2D eigenvalue weighted by Gasteiger charge is 2.36. The second-order valence-corrected chi connectivity index (χ2v) is 12.6. The van der Waals surface area contributed by atoms with Crippen LogP contribution in [0, 0.1) is 0 Å². The normalized spacial score (nSPS) is 26.7. The van der Waals surface area contributed by atoms with E-state index in [1.54, 1.807) is 12.1 Å². The molecule has 2 bridgehead atoms. The number of aliphatic hydroxyl groups is 1. The van der Waals surface area contributed by atoms with Gasteiger partial charge in [0, 0.05) is 56.6 Å². The predicted octanol–water partition coefficient (Wildman–Crippen LogP) is 3.07. The van der Waals surface area contributed by atoms with Crippen LogP contribution in [0.3, 0.4) is 0 Å². The zero-order valence-corrected chi connectivity index (χ0v) is 24.9. The Morgan fingerprint density at radius 2 is 1.63 bits per heavy atom. The van der Waals surface area contributed by atoms with Crippen molar-refractivity contribution in [1.29, 1.82) is 0 Å². The molecule has 43 heavy (non-hydrogen) atoms. The van der Waals surface area contributed by atoms with E-state index in [0.717, 1.165) is 92.3 Å². The van der Waals surface area contributed by atoms with Gasteiger partial charge in [0.15, 0.2) is 11.5 Å². The van der Waals surface area contributed by atoms with Crippen LogP contribution in [0.4, 0.5) is 16.3 Å². The number of aromatic nitrogens is 4. The molecule has 3 saturated heterocycles. The van der Waals surface area contributed by atoms with Crippen molar-refractivity contribution in [1.82, 2.24) is 29.5 Å². The van der Waals surface area contributed by atoms with Crippen LogP contribution in [0.1, 0.15) is 44.6 Å². The zero-order chi connectivity index (χ0) is 29.5. The lowest BCUT2D eigenvalue weighted by Gasteiger charge is -2.41. The Balaban J connectivity index is 1.20. The van der Waals surface area contributed by atoms with E-state index in [-0.39, 0.29) is 25.4 Å². The standard InChI is InChI=1S/C31H42N8O4/c1-35-12-14-36(15-13-35)22-6-8-24(9-7-22)39-30-27(18-32-39)29(37-19-25-10-11-26(20-37)43-25)33-28(34-30)21-2-4-23(5-3-21)38(16-17-40)31(41)42/h2-5,18,22,24-26,40H,6-17,19-20H2,1H3,(H,41,42). The molecule has 2 atom stereocenters. The second-order valence-electron chi connectivity index (χ2n) is 12.6. The summed E-state index contributed by atoms with van der Waals surface area (Å²) in [6.07, 6.45) is 7.94. The molecule has 5 heterocycles. The smallest absolute Gasteiger partial charge is 0.411 e. The van der Waals surface area contributed by atoms with Crippen LogP contribution in [-0.4, -0.2) is 124 Å². The zero-order valence-electron chi connectivity index (χ0n) is 24.9. The third-order valence-corrected chi connectivity index (χ3v) is 9.83. The second kappa shape index (κ2) is 12.0. The number of ether oxygens (including phenoxy) is 1. The third kappa shape index (κ3) is 5.68. The summed E-state index contributed by atoms with van der Waals surface area (Å²) >= 11 is 0. The van der Waals surface area contributed by atoms with Crippen LogP contribution in [-0.2, 0) is 4.74 Å². The van der Waals surface area contributed by atoms with Gasteiger partial charge < -0.3 is 24.7 Å². The maximum atomic E-state index is 11.7. The molecule has 1 aromatic carbocycles. The Kier molecular flexibility index (Phi) is 7.93. The summed E-state index contributed by atoms with van der Waals surface area (Å²) in [7, 11) is 2.21. The van der Waals surface area contributed by atoms with Gasteiger partial charge in [-0.05, 0) is 69.8 Å². The summed E-state index contributed by atoms with van der Waals surface area (Å²) in [5.74, 6) is 1.50. The van der Waals surface area contributed by atoms with Crippen molar-refractivity contribution in [3.05, 3.63) is 30.5 Å². The summed E-state index contributed by atoms with van der Waals surface area (Å²) in [5.41, 5.74) is 2.17. The van der Waals surface area contributed by atoms with Gasteiger partial charge in [0.25, 0.3) is 0 Å². The molecule has 0 radical (unpaired) electrons. The number of benzene rings is 1. The van der Waals surface area contributed by atoms with E-state index in [0.29, 0.717) is 23.6 Å². The Morgan fingerprint density at radius 3 is 2.28 bits per heavy atom. The Bertz CT molecular complexity index is 1420. The maximum Gasteiger partial charge on any atom is 0.411 e. The number of hydrogen-bond acceptors (Lipinski definition) is 9. The molecule has 3 aromatic rings. The topological polar surface area (TPSA) is 123 Å². The Labute approximate surface area is 251 Å². The summed E-state index contributed by atoms with van der Waals surface area (Å²) in [4.78, 5) is 30.5. The van der Waals surface area contributed by atoms with Crippen LogP contribution in [0.25, 0.3) is 22.4 Å². The highest BCUT2D eigenvalue weighted by Crippen LogP contribution is 2.37. The molecule has 2 aromatic heterocycles. The molecule has 0 spiro atoms. The highest BCUT2D eigenvalue weighted by atomic mass is 16.5. The van der Waals surface area contributed by atoms with Gasteiger partial charge in [-0.3, -0.25) is 9.80 Å². The number of amides is 1. The number of rotatable bonds is 7. The first-order valence-electron chi connectivity index (χ1n) is 15.8. The molecule has 7 rings (SSSR count). The van der Waals surface area contributed by atoms with Crippen LogP contribution in [0.2, 0.25) is 0 Å². The minimum absolute atomic E-state index is 0.0108. The molecule has 4 fully saturated rings. The van der Waals surface area contributed by atoms with E-state index in [9.17, 15) is 15.0 Å². The molecule has 2 N–H and O–H groups in total. The largest absolute Gasteiger partial charge is 0.465 e. The third-order valence-electron chi connectivity index (χ3n) is 9.83. The van der Waals surface area contributed by atoms with Crippen LogP contribution < -0.4 is 9.80 Å². The number of fused-ring (bicyclic) bond motifs is 3. The van der Waals surface area contributed by atoms with Gasteiger partial charge in [0.1, 0.15) is 5.82 Å². The van der Waals surface area contributed by atoms with Crippen LogP contribution in [0.15, 0.2) is 30.5 Å². The Morgan fingerprint density at radius 1 is 0.953 bits per heavy atom. The number of anilines is 2. The molecule has 4 aliphatic rings. The fourth-order valence-corrected chi connectivity index (χ4v) is 7.42.